The van der Waals surface area contributed by atoms with Crippen molar-refractivity contribution in [2.75, 3.05) is 53.2 Å². The molecule has 0 unspecified atom stereocenters. The molecule has 16 heavy (non-hydrogen) atoms. The Kier molecular flexibility index (Phi) is 8.71. The summed E-state index contributed by atoms with van der Waals surface area (Å²) < 4.78 is 15.7. The molecule has 1 N–H and O–H groups in total. The summed E-state index contributed by atoms with van der Waals surface area (Å²) in [6.45, 7) is 5.93. The van der Waals surface area contributed by atoms with Gasteiger partial charge in [0.25, 0.3) is 0 Å². The monoisotopic (exact) mass is 231 g/mol. The first kappa shape index (κ1) is 13.9. The topological polar surface area (TPSA) is 39.7 Å². The molecule has 0 bridgehead atoms. The molecule has 0 spiro atoms. The Morgan fingerprint density at radius 3 is 2.62 bits per heavy atom. The number of rotatable bonds is 12. The fourth-order valence-electron chi connectivity index (χ4n) is 1.35. The second-order valence-electron chi connectivity index (χ2n) is 4.23. The first-order valence-corrected chi connectivity index (χ1v) is 6.28. The third-order valence-electron chi connectivity index (χ3n) is 2.55. The summed E-state index contributed by atoms with van der Waals surface area (Å²) in [7, 11) is 1.69. The van der Waals surface area contributed by atoms with Crippen molar-refractivity contribution < 1.29 is 14.2 Å². The van der Waals surface area contributed by atoms with Crippen LogP contribution >= 0.6 is 0 Å². The van der Waals surface area contributed by atoms with E-state index in [2.05, 4.69) is 5.32 Å². The van der Waals surface area contributed by atoms with Crippen LogP contribution in [0.15, 0.2) is 0 Å². The highest BCUT2D eigenvalue weighted by molar-refractivity contribution is 4.71. The van der Waals surface area contributed by atoms with Gasteiger partial charge >= 0.3 is 0 Å². The molecule has 0 heterocycles. The number of hydrogen-bond donors (Lipinski definition) is 1. The van der Waals surface area contributed by atoms with Gasteiger partial charge in [0.1, 0.15) is 0 Å². The summed E-state index contributed by atoms with van der Waals surface area (Å²) >= 11 is 0. The van der Waals surface area contributed by atoms with Crippen LogP contribution in [0.4, 0.5) is 0 Å². The molecule has 0 saturated heterocycles. The lowest BCUT2D eigenvalue weighted by Gasteiger charge is -2.06. The summed E-state index contributed by atoms with van der Waals surface area (Å²) in [4.78, 5) is 0. The lowest BCUT2D eigenvalue weighted by Crippen LogP contribution is -2.22. The van der Waals surface area contributed by atoms with Gasteiger partial charge in [-0.2, -0.15) is 0 Å². The van der Waals surface area contributed by atoms with E-state index in [1.54, 1.807) is 7.11 Å². The fraction of sp³-hybridized carbons (Fsp3) is 1.00. The molecule has 1 fully saturated rings. The van der Waals surface area contributed by atoms with E-state index in [0.29, 0.717) is 13.2 Å². The van der Waals surface area contributed by atoms with Crippen molar-refractivity contribution in [1.29, 1.82) is 0 Å². The Bertz CT molecular complexity index is 151. The molecule has 4 heteroatoms. The molecule has 0 aromatic rings. The zero-order valence-corrected chi connectivity index (χ0v) is 10.4. The van der Waals surface area contributed by atoms with E-state index in [9.17, 15) is 0 Å². The molecule has 1 saturated carbocycles. The van der Waals surface area contributed by atoms with Gasteiger partial charge in [-0.1, -0.05) is 0 Å². The molecule has 0 atom stereocenters. The largest absolute Gasteiger partial charge is 0.382 e. The third-order valence-corrected chi connectivity index (χ3v) is 2.55. The smallest absolute Gasteiger partial charge is 0.0700 e. The van der Waals surface area contributed by atoms with Crippen molar-refractivity contribution in [3.63, 3.8) is 0 Å². The van der Waals surface area contributed by atoms with Gasteiger partial charge in [0.05, 0.1) is 19.8 Å². The second kappa shape index (κ2) is 10.0. The predicted molar refractivity (Wildman–Crippen MR) is 63.7 cm³/mol. The normalized spacial score (nSPS) is 15.6. The molecule has 0 aliphatic heterocycles. The Labute approximate surface area is 98.6 Å². The maximum atomic E-state index is 5.51. The van der Waals surface area contributed by atoms with E-state index in [4.69, 9.17) is 14.2 Å². The van der Waals surface area contributed by atoms with E-state index in [1.165, 1.54) is 12.8 Å². The summed E-state index contributed by atoms with van der Waals surface area (Å²) in [5, 5.41) is 3.33. The molecule has 1 rings (SSSR count). The molecule has 96 valence electrons. The lowest BCUT2D eigenvalue weighted by atomic mass is 10.4. The number of ether oxygens (including phenoxy) is 3. The van der Waals surface area contributed by atoms with Gasteiger partial charge < -0.3 is 19.5 Å². The first-order valence-electron chi connectivity index (χ1n) is 6.28. The highest BCUT2D eigenvalue weighted by Gasteiger charge is 2.20. The minimum absolute atomic E-state index is 0.683. The lowest BCUT2D eigenvalue weighted by molar-refractivity contribution is 0.0690. The second-order valence-corrected chi connectivity index (χ2v) is 4.23. The molecular formula is C12H25NO3. The summed E-state index contributed by atoms with van der Waals surface area (Å²) in [5.41, 5.74) is 0. The molecule has 4 nitrogen and oxygen atoms in total. The standard InChI is InChI=1S/C12H25NO3/c1-14-9-10-15-7-2-5-13-6-8-16-11-12-3-4-12/h12-13H,2-11H2,1H3. The Morgan fingerprint density at radius 1 is 1.00 bits per heavy atom. The van der Waals surface area contributed by atoms with Crippen molar-refractivity contribution in [1.82, 2.24) is 5.32 Å². The Morgan fingerprint density at radius 2 is 1.88 bits per heavy atom. The van der Waals surface area contributed by atoms with Crippen molar-refractivity contribution in [2.45, 2.75) is 19.3 Å². The SMILES string of the molecule is COCCOCCCNCCOCC1CC1. The molecule has 1 aliphatic carbocycles. The van der Waals surface area contributed by atoms with Gasteiger partial charge in [-0.25, -0.2) is 0 Å². The van der Waals surface area contributed by atoms with E-state index in [1.807, 2.05) is 0 Å². The van der Waals surface area contributed by atoms with Crippen LogP contribution in [0.5, 0.6) is 0 Å². The van der Waals surface area contributed by atoms with Crippen molar-refractivity contribution in [2.24, 2.45) is 5.92 Å². The minimum Gasteiger partial charge on any atom is -0.382 e. The van der Waals surface area contributed by atoms with Crippen LogP contribution in [0.2, 0.25) is 0 Å². The summed E-state index contributed by atoms with van der Waals surface area (Å²) in [6, 6.07) is 0. The molecule has 0 aromatic carbocycles. The summed E-state index contributed by atoms with van der Waals surface area (Å²) in [6.07, 6.45) is 3.78. The van der Waals surface area contributed by atoms with Crippen molar-refractivity contribution >= 4 is 0 Å². The number of methoxy groups -OCH3 is 1. The van der Waals surface area contributed by atoms with Crippen LogP contribution in [0.3, 0.4) is 0 Å². The molecule has 0 radical (unpaired) electrons. The average molecular weight is 231 g/mol. The van der Waals surface area contributed by atoms with Gasteiger partial charge in [0, 0.05) is 26.9 Å². The van der Waals surface area contributed by atoms with Crippen LogP contribution < -0.4 is 5.32 Å². The molecule has 0 aromatic heterocycles. The Hall–Kier alpha value is -0.160. The molecular weight excluding hydrogens is 206 g/mol. The highest BCUT2D eigenvalue weighted by Crippen LogP contribution is 2.28. The average Bonchev–Trinajstić information content (AvgIpc) is 3.10. The highest BCUT2D eigenvalue weighted by atomic mass is 16.5. The maximum absolute atomic E-state index is 5.51. The predicted octanol–water partition coefficient (Wildman–Crippen LogP) is 1.06. The van der Waals surface area contributed by atoms with Gasteiger partial charge in [-0.05, 0) is 31.7 Å². The van der Waals surface area contributed by atoms with Crippen LogP contribution in [-0.4, -0.2) is 53.2 Å². The van der Waals surface area contributed by atoms with Gasteiger partial charge in [-0.3, -0.25) is 0 Å². The van der Waals surface area contributed by atoms with E-state index in [-0.39, 0.29) is 0 Å². The number of nitrogens with one attached hydrogen (secondary N) is 1. The van der Waals surface area contributed by atoms with Crippen molar-refractivity contribution in [3.05, 3.63) is 0 Å². The van der Waals surface area contributed by atoms with Gasteiger partial charge in [0.15, 0.2) is 0 Å². The third kappa shape index (κ3) is 9.09. The van der Waals surface area contributed by atoms with Crippen LogP contribution in [0, 0.1) is 5.92 Å². The van der Waals surface area contributed by atoms with E-state index < -0.39 is 0 Å². The van der Waals surface area contributed by atoms with Gasteiger partial charge in [0.2, 0.25) is 0 Å². The zero-order valence-electron chi connectivity index (χ0n) is 10.4. The molecule has 1 aliphatic rings. The number of hydrogen-bond acceptors (Lipinski definition) is 4. The minimum atomic E-state index is 0.683. The van der Waals surface area contributed by atoms with Gasteiger partial charge in [-0.15, -0.1) is 0 Å². The van der Waals surface area contributed by atoms with Crippen LogP contribution in [0.1, 0.15) is 19.3 Å². The zero-order chi connectivity index (χ0) is 11.5. The van der Waals surface area contributed by atoms with Crippen molar-refractivity contribution in [3.8, 4) is 0 Å². The van der Waals surface area contributed by atoms with Crippen LogP contribution in [-0.2, 0) is 14.2 Å². The van der Waals surface area contributed by atoms with E-state index in [0.717, 1.165) is 45.2 Å². The maximum Gasteiger partial charge on any atom is 0.0700 e. The Balaban J connectivity index is 1.61. The fourth-order valence-corrected chi connectivity index (χ4v) is 1.35. The van der Waals surface area contributed by atoms with Crippen LogP contribution in [0.25, 0.3) is 0 Å². The molecule has 0 amide bonds. The van der Waals surface area contributed by atoms with E-state index >= 15 is 0 Å². The summed E-state index contributed by atoms with van der Waals surface area (Å²) in [5.74, 6) is 0.870. The first-order chi connectivity index (χ1) is 7.93. The quantitative estimate of drug-likeness (QED) is 0.510.